The highest BCUT2D eigenvalue weighted by atomic mass is 79.9. The molecule has 0 aliphatic rings. The first-order chi connectivity index (χ1) is 9.13. The predicted octanol–water partition coefficient (Wildman–Crippen LogP) is 5.22. The van der Waals surface area contributed by atoms with Crippen LogP contribution in [0.5, 0.6) is 0 Å². The minimum absolute atomic E-state index is 0.285. The fourth-order valence-electron chi connectivity index (χ4n) is 2.15. The Kier molecular flexibility index (Phi) is 5.20. The van der Waals surface area contributed by atoms with Crippen LogP contribution in [0.25, 0.3) is 0 Å². The van der Waals surface area contributed by atoms with Gasteiger partial charge in [-0.2, -0.15) is 0 Å². The van der Waals surface area contributed by atoms with Crippen molar-refractivity contribution < 1.29 is 0 Å². The Morgan fingerprint density at radius 1 is 1.21 bits per heavy atom. The Labute approximate surface area is 128 Å². The third-order valence-electron chi connectivity index (χ3n) is 3.18. The van der Waals surface area contributed by atoms with E-state index in [9.17, 15) is 0 Å². The number of hydrogen-bond acceptors (Lipinski definition) is 2. The molecule has 1 heterocycles. The van der Waals surface area contributed by atoms with Crippen LogP contribution in [-0.2, 0) is 0 Å². The van der Waals surface area contributed by atoms with Crippen molar-refractivity contribution in [3.05, 3.63) is 55.7 Å². The van der Waals surface area contributed by atoms with Crippen LogP contribution in [0.4, 0.5) is 0 Å². The lowest BCUT2D eigenvalue weighted by atomic mass is 10.0. The van der Waals surface area contributed by atoms with Crippen LogP contribution in [0.1, 0.15) is 40.3 Å². The molecule has 1 aromatic heterocycles. The van der Waals surface area contributed by atoms with Crippen molar-refractivity contribution in [1.29, 1.82) is 0 Å². The van der Waals surface area contributed by atoms with Crippen LogP contribution in [0.2, 0.25) is 0 Å². The van der Waals surface area contributed by atoms with Crippen LogP contribution in [0, 0.1) is 13.8 Å². The van der Waals surface area contributed by atoms with Crippen LogP contribution >= 0.6 is 27.3 Å². The van der Waals surface area contributed by atoms with Crippen LogP contribution in [0.15, 0.2) is 34.8 Å². The molecule has 19 heavy (non-hydrogen) atoms. The van der Waals surface area contributed by atoms with E-state index in [1.807, 2.05) is 11.3 Å². The van der Waals surface area contributed by atoms with E-state index in [2.05, 4.69) is 72.3 Å². The first-order valence-electron chi connectivity index (χ1n) is 6.68. The van der Waals surface area contributed by atoms with Crippen molar-refractivity contribution in [2.45, 2.75) is 33.2 Å². The summed E-state index contributed by atoms with van der Waals surface area (Å²) >= 11 is 5.61. The third-order valence-corrected chi connectivity index (χ3v) is 5.33. The molecule has 0 spiro atoms. The fraction of sp³-hybridized carbons (Fsp3) is 0.375. The maximum Gasteiger partial charge on any atom is 0.0682 e. The molecular weight excluding hydrogens is 318 g/mol. The second-order valence-corrected chi connectivity index (χ2v) is 6.93. The van der Waals surface area contributed by atoms with E-state index in [1.165, 1.54) is 25.4 Å². The summed E-state index contributed by atoms with van der Waals surface area (Å²) in [4.78, 5) is 2.75. The molecule has 0 aliphatic heterocycles. The zero-order chi connectivity index (χ0) is 13.8. The molecule has 0 saturated heterocycles. The lowest BCUT2D eigenvalue weighted by molar-refractivity contribution is 0.604. The molecule has 0 fully saturated rings. The summed E-state index contributed by atoms with van der Waals surface area (Å²) in [5.41, 5.74) is 2.62. The lowest BCUT2D eigenvalue weighted by Crippen LogP contribution is -2.22. The maximum atomic E-state index is 3.74. The summed E-state index contributed by atoms with van der Waals surface area (Å²) in [5, 5.41) is 3.66. The molecular formula is C16H20BrNS. The highest BCUT2D eigenvalue weighted by molar-refractivity contribution is 9.10. The summed E-state index contributed by atoms with van der Waals surface area (Å²) in [6, 6.07) is 11.2. The van der Waals surface area contributed by atoms with Gasteiger partial charge in [0.2, 0.25) is 0 Å². The van der Waals surface area contributed by atoms with Gasteiger partial charge in [-0.3, -0.25) is 0 Å². The number of halogens is 1. The van der Waals surface area contributed by atoms with Crippen molar-refractivity contribution in [3.8, 4) is 0 Å². The SMILES string of the molecule is CCCNC(c1ccc(C)s1)c1cccc(C)c1Br. The van der Waals surface area contributed by atoms with Gasteiger partial charge in [0.15, 0.2) is 0 Å². The summed E-state index contributed by atoms with van der Waals surface area (Å²) in [6.07, 6.45) is 1.14. The van der Waals surface area contributed by atoms with E-state index in [-0.39, 0.29) is 6.04 Å². The molecule has 1 aromatic carbocycles. The Morgan fingerprint density at radius 2 is 2.00 bits per heavy atom. The largest absolute Gasteiger partial charge is 0.306 e. The fourth-order valence-corrected chi connectivity index (χ4v) is 3.62. The number of aryl methyl sites for hydroxylation is 2. The lowest BCUT2D eigenvalue weighted by Gasteiger charge is -2.20. The number of nitrogens with one attached hydrogen (secondary N) is 1. The maximum absolute atomic E-state index is 3.74. The van der Waals surface area contributed by atoms with Crippen LogP contribution in [-0.4, -0.2) is 6.54 Å². The van der Waals surface area contributed by atoms with Gasteiger partial charge in [0.1, 0.15) is 0 Å². The molecule has 1 nitrogen and oxygen atoms in total. The normalized spacial score (nSPS) is 12.6. The quantitative estimate of drug-likeness (QED) is 0.788. The van der Waals surface area contributed by atoms with Gasteiger partial charge in [0.05, 0.1) is 6.04 Å². The van der Waals surface area contributed by atoms with E-state index in [0.29, 0.717) is 0 Å². The monoisotopic (exact) mass is 337 g/mol. The minimum atomic E-state index is 0.285. The second-order valence-electron chi connectivity index (χ2n) is 4.81. The third kappa shape index (κ3) is 3.47. The molecule has 1 atom stereocenters. The van der Waals surface area contributed by atoms with Gasteiger partial charge in [-0.15, -0.1) is 11.3 Å². The molecule has 1 unspecified atom stereocenters. The molecule has 2 rings (SSSR count). The number of hydrogen-bond donors (Lipinski definition) is 1. The number of benzene rings is 1. The van der Waals surface area contributed by atoms with Crippen molar-refractivity contribution in [2.75, 3.05) is 6.54 Å². The molecule has 0 aliphatic carbocycles. The average Bonchev–Trinajstić information content (AvgIpc) is 2.81. The van der Waals surface area contributed by atoms with Crippen molar-refractivity contribution in [3.63, 3.8) is 0 Å². The Bertz CT molecular complexity index is 547. The predicted molar refractivity (Wildman–Crippen MR) is 88.1 cm³/mol. The van der Waals surface area contributed by atoms with E-state index in [1.54, 1.807) is 0 Å². The number of thiophene rings is 1. The van der Waals surface area contributed by atoms with E-state index in [4.69, 9.17) is 0 Å². The molecule has 0 radical (unpaired) electrons. The van der Waals surface area contributed by atoms with E-state index < -0.39 is 0 Å². The highest BCUT2D eigenvalue weighted by Gasteiger charge is 2.18. The molecule has 0 bridgehead atoms. The van der Waals surface area contributed by atoms with Gasteiger partial charge < -0.3 is 5.32 Å². The smallest absolute Gasteiger partial charge is 0.0682 e. The Hall–Kier alpha value is -0.640. The number of rotatable bonds is 5. The Morgan fingerprint density at radius 3 is 2.63 bits per heavy atom. The van der Waals surface area contributed by atoms with Crippen molar-refractivity contribution >= 4 is 27.3 Å². The standard InChI is InChI=1S/C16H20BrNS/c1-4-10-18-16(14-9-8-12(3)19-14)13-7-5-6-11(2)15(13)17/h5-9,16,18H,4,10H2,1-3H3. The average molecular weight is 338 g/mol. The van der Waals surface area contributed by atoms with E-state index in [0.717, 1.165) is 13.0 Å². The van der Waals surface area contributed by atoms with Gasteiger partial charge in [-0.25, -0.2) is 0 Å². The second kappa shape index (κ2) is 6.69. The van der Waals surface area contributed by atoms with Gasteiger partial charge >= 0.3 is 0 Å². The summed E-state index contributed by atoms with van der Waals surface area (Å²) < 4.78 is 1.22. The zero-order valence-electron chi connectivity index (χ0n) is 11.7. The molecule has 102 valence electrons. The summed E-state index contributed by atoms with van der Waals surface area (Å²) in [5.74, 6) is 0. The van der Waals surface area contributed by atoms with Gasteiger partial charge in [0, 0.05) is 14.2 Å². The summed E-state index contributed by atoms with van der Waals surface area (Å²) in [7, 11) is 0. The first kappa shape index (κ1) is 14.8. The highest BCUT2D eigenvalue weighted by Crippen LogP contribution is 2.33. The minimum Gasteiger partial charge on any atom is -0.306 e. The van der Waals surface area contributed by atoms with Gasteiger partial charge in [-0.1, -0.05) is 41.1 Å². The molecule has 0 amide bonds. The van der Waals surface area contributed by atoms with Gasteiger partial charge in [0.25, 0.3) is 0 Å². The zero-order valence-corrected chi connectivity index (χ0v) is 14.1. The molecule has 0 saturated carbocycles. The topological polar surface area (TPSA) is 12.0 Å². The van der Waals surface area contributed by atoms with Crippen LogP contribution < -0.4 is 5.32 Å². The molecule has 2 aromatic rings. The van der Waals surface area contributed by atoms with Crippen molar-refractivity contribution in [1.82, 2.24) is 5.32 Å². The molecule has 3 heteroatoms. The van der Waals surface area contributed by atoms with E-state index >= 15 is 0 Å². The molecule has 1 N–H and O–H groups in total. The van der Waals surface area contributed by atoms with Gasteiger partial charge in [-0.05, 0) is 50.1 Å². The Balaban J connectivity index is 2.39. The van der Waals surface area contributed by atoms with Crippen molar-refractivity contribution in [2.24, 2.45) is 0 Å². The summed E-state index contributed by atoms with van der Waals surface area (Å²) in [6.45, 7) is 7.54. The first-order valence-corrected chi connectivity index (χ1v) is 8.29. The van der Waals surface area contributed by atoms with Crippen LogP contribution in [0.3, 0.4) is 0 Å².